The Balaban J connectivity index is 1.94. The van der Waals surface area contributed by atoms with Gasteiger partial charge in [-0.25, -0.2) is 4.79 Å². The molecule has 7 nitrogen and oxygen atoms in total. The molecular weight excluding hydrogens is 262 g/mol. The Labute approximate surface area is 116 Å². The van der Waals surface area contributed by atoms with E-state index in [2.05, 4.69) is 4.90 Å². The van der Waals surface area contributed by atoms with Gasteiger partial charge in [0.25, 0.3) is 5.69 Å². The summed E-state index contributed by atoms with van der Waals surface area (Å²) in [4.78, 5) is 24.7. The molecule has 1 heterocycles. The second-order valence-electron chi connectivity index (χ2n) is 4.98. The van der Waals surface area contributed by atoms with Gasteiger partial charge < -0.3 is 10.0 Å². The summed E-state index contributed by atoms with van der Waals surface area (Å²) in [5, 5.41) is 19.6. The molecule has 1 atom stereocenters. The highest BCUT2D eigenvalue weighted by molar-refractivity contribution is 5.65. The third-order valence-corrected chi connectivity index (χ3v) is 3.51. The molecule has 2 rings (SSSR count). The highest BCUT2D eigenvalue weighted by Gasteiger charge is 2.26. The molecule has 1 aliphatic rings. The van der Waals surface area contributed by atoms with Crippen molar-refractivity contribution in [3.8, 4) is 0 Å². The molecule has 0 saturated carbocycles. The summed E-state index contributed by atoms with van der Waals surface area (Å²) in [6.45, 7) is 4.40. The maximum atomic E-state index is 11.0. The van der Waals surface area contributed by atoms with Gasteiger partial charge in [-0.2, -0.15) is 0 Å². The van der Waals surface area contributed by atoms with Gasteiger partial charge in [-0.1, -0.05) is 12.1 Å². The van der Waals surface area contributed by atoms with Crippen LogP contribution in [-0.2, 0) is 6.54 Å². The van der Waals surface area contributed by atoms with Gasteiger partial charge in [0.05, 0.1) is 4.92 Å². The van der Waals surface area contributed by atoms with Crippen molar-refractivity contribution in [3.05, 3.63) is 39.9 Å². The average Bonchev–Trinajstić information content (AvgIpc) is 2.39. The highest BCUT2D eigenvalue weighted by atomic mass is 16.6. The fourth-order valence-corrected chi connectivity index (χ4v) is 2.44. The molecule has 20 heavy (non-hydrogen) atoms. The first-order chi connectivity index (χ1) is 9.47. The fourth-order valence-electron chi connectivity index (χ4n) is 2.44. The topological polar surface area (TPSA) is 86.9 Å². The molecule has 0 unspecified atom stereocenters. The first-order valence-electron chi connectivity index (χ1n) is 6.42. The van der Waals surface area contributed by atoms with Crippen LogP contribution in [0.25, 0.3) is 0 Å². The van der Waals surface area contributed by atoms with Crippen LogP contribution in [0.1, 0.15) is 12.5 Å². The number of amides is 1. The first-order valence-corrected chi connectivity index (χ1v) is 6.42. The average molecular weight is 279 g/mol. The maximum Gasteiger partial charge on any atom is 0.407 e. The van der Waals surface area contributed by atoms with E-state index in [1.165, 1.54) is 17.0 Å². The van der Waals surface area contributed by atoms with E-state index in [4.69, 9.17) is 5.11 Å². The molecule has 0 radical (unpaired) electrons. The van der Waals surface area contributed by atoms with E-state index in [1.807, 2.05) is 6.92 Å². The van der Waals surface area contributed by atoms with Crippen molar-refractivity contribution in [3.63, 3.8) is 0 Å². The van der Waals surface area contributed by atoms with Crippen LogP contribution in [0, 0.1) is 10.1 Å². The maximum absolute atomic E-state index is 11.0. The molecule has 0 aromatic heterocycles. The molecule has 1 amide bonds. The van der Waals surface area contributed by atoms with Crippen molar-refractivity contribution in [2.24, 2.45) is 0 Å². The van der Waals surface area contributed by atoms with Gasteiger partial charge in [-0.3, -0.25) is 15.0 Å². The standard InChI is InChI=1S/C13H17N3O4/c1-10-8-14(6-7-15(10)13(17)18)9-11-2-4-12(5-3-11)16(19)20/h2-5,10H,6-9H2,1H3,(H,17,18)/t10-/m0/s1. The smallest absolute Gasteiger partial charge is 0.407 e. The Kier molecular flexibility index (Phi) is 4.19. The number of non-ortho nitro benzene ring substituents is 1. The zero-order valence-electron chi connectivity index (χ0n) is 11.2. The second-order valence-corrected chi connectivity index (χ2v) is 4.98. The predicted octanol–water partition coefficient (Wildman–Crippen LogP) is 1.78. The third-order valence-electron chi connectivity index (χ3n) is 3.51. The number of nitrogens with zero attached hydrogens (tertiary/aromatic N) is 3. The quantitative estimate of drug-likeness (QED) is 0.673. The van der Waals surface area contributed by atoms with Gasteiger partial charge >= 0.3 is 6.09 Å². The van der Waals surface area contributed by atoms with E-state index in [-0.39, 0.29) is 11.7 Å². The van der Waals surface area contributed by atoms with Gasteiger partial charge in [-0.15, -0.1) is 0 Å². The van der Waals surface area contributed by atoms with E-state index >= 15 is 0 Å². The number of nitro groups is 1. The van der Waals surface area contributed by atoms with E-state index in [0.29, 0.717) is 26.2 Å². The van der Waals surface area contributed by atoms with Gasteiger partial charge in [0, 0.05) is 44.4 Å². The molecule has 1 N–H and O–H groups in total. The van der Waals surface area contributed by atoms with Crippen LogP contribution in [0.15, 0.2) is 24.3 Å². The lowest BCUT2D eigenvalue weighted by Crippen LogP contribution is -2.53. The molecule has 1 aromatic rings. The molecular formula is C13H17N3O4. The third kappa shape index (κ3) is 3.24. The summed E-state index contributed by atoms with van der Waals surface area (Å²) in [6, 6.07) is 6.43. The first kappa shape index (κ1) is 14.3. The normalized spacial score (nSPS) is 19.9. The van der Waals surface area contributed by atoms with E-state index in [1.54, 1.807) is 12.1 Å². The molecule has 1 fully saturated rings. The van der Waals surface area contributed by atoms with Crippen molar-refractivity contribution >= 4 is 11.8 Å². The Hall–Kier alpha value is -2.15. The Morgan fingerprint density at radius 2 is 2.05 bits per heavy atom. The van der Waals surface area contributed by atoms with Crippen molar-refractivity contribution in [1.29, 1.82) is 0 Å². The molecule has 0 spiro atoms. The van der Waals surface area contributed by atoms with Crippen molar-refractivity contribution in [2.75, 3.05) is 19.6 Å². The Morgan fingerprint density at radius 3 is 2.55 bits per heavy atom. The van der Waals surface area contributed by atoms with Crippen LogP contribution in [0.4, 0.5) is 10.5 Å². The Bertz CT molecular complexity index is 503. The van der Waals surface area contributed by atoms with Gasteiger partial charge in [0.1, 0.15) is 0 Å². The molecule has 108 valence electrons. The van der Waals surface area contributed by atoms with Crippen molar-refractivity contribution in [2.45, 2.75) is 19.5 Å². The minimum absolute atomic E-state index is 0.0423. The minimum Gasteiger partial charge on any atom is -0.465 e. The lowest BCUT2D eigenvalue weighted by atomic mass is 10.1. The second kappa shape index (κ2) is 5.87. The molecule has 7 heteroatoms. The number of hydrogen-bond donors (Lipinski definition) is 1. The molecule has 0 aliphatic carbocycles. The van der Waals surface area contributed by atoms with Gasteiger partial charge in [0.15, 0.2) is 0 Å². The monoisotopic (exact) mass is 279 g/mol. The number of carboxylic acid groups (broad SMARTS) is 1. The predicted molar refractivity (Wildman–Crippen MR) is 72.6 cm³/mol. The summed E-state index contributed by atoms with van der Waals surface area (Å²) < 4.78 is 0. The number of carbonyl (C=O) groups is 1. The number of rotatable bonds is 3. The minimum atomic E-state index is -0.882. The van der Waals surface area contributed by atoms with E-state index in [0.717, 1.165) is 5.56 Å². The number of nitro benzene ring substituents is 1. The van der Waals surface area contributed by atoms with Crippen molar-refractivity contribution in [1.82, 2.24) is 9.80 Å². The summed E-state index contributed by atoms with van der Waals surface area (Å²) in [5.41, 5.74) is 1.07. The zero-order chi connectivity index (χ0) is 14.7. The summed E-state index contributed by atoms with van der Waals surface area (Å²) in [5.74, 6) is 0. The van der Waals surface area contributed by atoms with Crippen LogP contribution in [0.3, 0.4) is 0 Å². The lowest BCUT2D eigenvalue weighted by Gasteiger charge is -2.38. The van der Waals surface area contributed by atoms with E-state index in [9.17, 15) is 14.9 Å². The lowest BCUT2D eigenvalue weighted by molar-refractivity contribution is -0.384. The van der Waals surface area contributed by atoms with Crippen molar-refractivity contribution < 1.29 is 14.8 Å². The van der Waals surface area contributed by atoms with Crippen LogP contribution < -0.4 is 0 Å². The highest BCUT2D eigenvalue weighted by Crippen LogP contribution is 2.16. The Morgan fingerprint density at radius 1 is 1.40 bits per heavy atom. The van der Waals surface area contributed by atoms with Crippen LogP contribution in [-0.4, -0.2) is 51.6 Å². The molecule has 0 bridgehead atoms. The van der Waals surface area contributed by atoms with E-state index < -0.39 is 11.0 Å². The molecule has 1 aromatic carbocycles. The van der Waals surface area contributed by atoms with Gasteiger partial charge in [-0.05, 0) is 12.5 Å². The molecule has 1 aliphatic heterocycles. The van der Waals surface area contributed by atoms with Gasteiger partial charge in [0.2, 0.25) is 0 Å². The number of piperazine rings is 1. The summed E-state index contributed by atoms with van der Waals surface area (Å²) >= 11 is 0. The SMILES string of the molecule is C[C@H]1CN(Cc2ccc([N+](=O)[O-])cc2)CCN1C(=O)O. The fraction of sp³-hybridized carbons (Fsp3) is 0.462. The molecule has 1 saturated heterocycles. The van der Waals surface area contributed by atoms with Crippen LogP contribution in [0.5, 0.6) is 0 Å². The van der Waals surface area contributed by atoms with Crippen LogP contribution >= 0.6 is 0 Å². The summed E-state index contributed by atoms with van der Waals surface area (Å²) in [6.07, 6.45) is -0.882. The zero-order valence-corrected chi connectivity index (χ0v) is 11.2. The summed E-state index contributed by atoms with van der Waals surface area (Å²) in [7, 11) is 0. The number of hydrogen-bond acceptors (Lipinski definition) is 4. The number of benzene rings is 1. The largest absolute Gasteiger partial charge is 0.465 e. The van der Waals surface area contributed by atoms with Crippen LogP contribution in [0.2, 0.25) is 0 Å².